The van der Waals surface area contributed by atoms with Crippen LogP contribution in [0.25, 0.3) is 11.3 Å². The van der Waals surface area contributed by atoms with E-state index in [1.807, 2.05) is 13.0 Å². The molecule has 2 aliphatic rings. The van der Waals surface area contributed by atoms with E-state index in [1.54, 1.807) is 6.20 Å². The predicted molar refractivity (Wildman–Crippen MR) is 95.9 cm³/mol. The summed E-state index contributed by atoms with van der Waals surface area (Å²) in [5.41, 5.74) is 2.57. The second kappa shape index (κ2) is 8.11. The minimum atomic E-state index is -0.0156. The first kappa shape index (κ1) is 17.4. The number of hydrogen-bond donors (Lipinski definition) is 1. The molecule has 8 nitrogen and oxygen atoms in total. The maximum Gasteiger partial charge on any atom is 0.223 e. The van der Waals surface area contributed by atoms with Crippen LogP contribution in [-0.2, 0) is 9.47 Å². The molecule has 0 saturated carbocycles. The molecule has 0 amide bonds. The standard InChI is InChI=1S/C18H25N5O3/c1-13-11-16(26-22-13)14-12-20-18(21-17(14)15-3-2-8-25-15)19-4-5-23-6-9-24-10-7-23/h11-12,15H,2-10H2,1H3,(H,19,20,21). The van der Waals surface area contributed by atoms with Gasteiger partial charge in [-0.25, -0.2) is 9.97 Å². The molecule has 140 valence electrons. The fourth-order valence-electron chi connectivity index (χ4n) is 3.35. The summed E-state index contributed by atoms with van der Waals surface area (Å²) >= 11 is 0. The number of nitrogens with one attached hydrogen (secondary N) is 1. The summed E-state index contributed by atoms with van der Waals surface area (Å²) < 4.78 is 16.7. The molecule has 0 spiro atoms. The number of ether oxygens (including phenoxy) is 2. The molecule has 1 unspecified atom stereocenters. The van der Waals surface area contributed by atoms with Crippen LogP contribution in [-0.4, -0.2) is 66.0 Å². The van der Waals surface area contributed by atoms with Crippen LogP contribution in [0.2, 0.25) is 0 Å². The normalized spacial score (nSPS) is 21.2. The third-order valence-electron chi connectivity index (χ3n) is 4.76. The van der Waals surface area contributed by atoms with Crippen LogP contribution in [0, 0.1) is 6.92 Å². The summed E-state index contributed by atoms with van der Waals surface area (Å²) in [7, 11) is 0. The SMILES string of the molecule is Cc1cc(-c2cnc(NCCN3CCOCC3)nc2C2CCCO2)on1. The zero-order valence-corrected chi connectivity index (χ0v) is 15.1. The number of aryl methyl sites for hydroxylation is 1. The van der Waals surface area contributed by atoms with Gasteiger partial charge in [0.2, 0.25) is 5.95 Å². The van der Waals surface area contributed by atoms with E-state index in [4.69, 9.17) is 19.0 Å². The summed E-state index contributed by atoms with van der Waals surface area (Å²) in [5.74, 6) is 1.32. The fraction of sp³-hybridized carbons (Fsp3) is 0.611. The lowest BCUT2D eigenvalue weighted by Gasteiger charge is -2.26. The quantitative estimate of drug-likeness (QED) is 0.839. The lowest BCUT2D eigenvalue weighted by molar-refractivity contribution is 0.0398. The minimum absolute atomic E-state index is 0.0156. The van der Waals surface area contributed by atoms with Gasteiger partial charge in [-0.1, -0.05) is 5.16 Å². The monoisotopic (exact) mass is 359 g/mol. The number of hydrogen-bond acceptors (Lipinski definition) is 8. The van der Waals surface area contributed by atoms with E-state index in [-0.39, 0.29) is 6.10 Å². The van der Waals surface area contributed by atoms with E-state index in [0.717, 1.165) is 75.8 Å². The first-order valence-corrected chi connectivity index (χ1v) is 9.26. The Kier molecular flexibility index (Phi) is 5.42. The van der Waals surface area contributed by atoms with Crippen molar-refractivity contribution >= 4 is 5.95 Å². The summed E-state index contributed by atoms with van der Waals surface area (Å²) in [6.07, 6.45) is 3.80. The molecule has 26 heavy (non-hydrogen) atoms. The number of anilines is 1. The molecule has 2 saturated heterocycles. The Hall–Kier alpha value is -2.03. The van der Waals surface area contributed by atoms with Crippen LogP contribution in [0.15, 0.2) is 16.8 Å². The highest BCUT2D eigenvalue weighted by Crippen LogP contribution is 2.34. The van der Waals surface area contributed by atoms with Crippen molar-refractivity contribution in [3.8, 4) is 11.3 Å². The average molecular weight is 359 g/mol. The molecule has 0 aromatic carbocycles. The van der Waals surface area contributed by atoms with Gasteiger partial charge < -0.3 is 19.3 Å². The van der Waals surface area contributed by atoms with Crippen LogP contribution in [0.4, 0.5) is 5.95 Å². The van der Waals surface area contributed by atoms with Gasteiger partial charge in [-0.05, 0) is 19.8 Å². The Morgan fingerprint density at radius 3 is 2.88 bits per heavy atom. The molecule has 0 radical (unpaired) electrons. The van der Waals surface area contributed by atoms with Gasteiger partial charge in [-0.15, -0.1) is 0 Å². The van der Waals surface area contributed by atoms with E-state index in [1.165, 1.54) is 0 Å². The van der Waals surface area contributed by atoms with Gasteiger partial charge in [0.1, 0.15) is 6.10 Å². The third-order valence-corrected chi connectivity index (χ3v) is 4.76. The maximum absolute atomic E-state index is 5.86. The van der Waals surface area contributed by atoms with Crippen molar-refractivity contribution in [2.24, 2.45) is 0 Å². The molecule has 2 aromatic heterocycles. The lowest BCUT2D eigenvalue weighted by Crippen LogP contribution is -2.39. The number of morpholine rings is 1. The van der Waals surface area contributed by atoms with Crippen molar-refractivity contribution in [1.82, 2.24) is 20.0 Å². The van der Waals surface area contributed by atoms with Crippen molar-refractivity contribution < 1.29 is 14.0 Å². The minimum Gasteiger partial charge on any atom is -0.379 e. The predicted octanol–water partition coefficient (Wildman–Crippen LogP) is 2.04. The van der Waals surface area contributed by atoms with Gasteiger partial charge in [-0.2, -0.15) is 0 Å². The van der Waals surface area contributed by atoms with Crippen molar-refractivity contribution in [3.05, 3.63) is 23.7 Å². The van der Waals surface area contributed by atoms with E-state index < -0.39 is 0 Å². The largest absolute Gasteiger partial charge is 0.379 e. The second-order valence-electron chi connectivity index (χ2n) is 6.71. The van der Waals surface area contributed by atoms with Crippen LogP contribution >= 0.6 is 0 Å². The van der Waals surface area contributed by atoms with Crippen molar-refractivity contribution in [3.63, 3.8) is 0 Å². The molecule has 4 heterocycles. The molecule has 4 rings (SSSR count). The van der Waals surface area contributed by atoms with Gasteiger partial charge in [0.25, 0.3) is 0 Å². The molecule has 1 N–H and O–H groups in total. The van der Waals surface area contributed by atoms with Gasteiger partial charge in [0, 0.05) is 45.0 Å². The van der Waals surface area contributed by atoms with E-state index in [0.29, 0.717) is 11.7 Å². The fourth-order valence-corrected chi connectivity index (χ4v) is 3.35. The summed E-state index contributed by atoms with van der Waals surface area (Å²) in [6, 6.07) is 1.91. The van der Waals surface area contributed by atoms with Gasteiger partial charge in [0.15, 0.2) is 5.76 Å². The molecule has 2 aromatic rings. The Morgan fingerprint density at radius 1 is 1.27 bits per heavy atom. The van der Waals surface area contributed by atoms with E-state index in [2.05, 4.69) is 20.4 Å². The van der Waals surface area contributed by atoms with Crippen molar-refractivity contribution in [1.29, 1.82) is 0 Å². The Bertz CT molecular complexity index is 723. The zero-order valence-electron chi connectivity index (χ0n) is 15.1. The van der Waals surface area contributed by atoms with Crippen LogP contribution in [0.1, 0.15) is 30.3 Å². The van der Waals surface area contributed by atoms with Crippen LogP contribution < -0.4 is 5.32 Å². The summed E-state index contributed by atoms with van der Waals surface area (Å²) in [5, 5.41) is 7.31. The molecular formula is C18H25N5O3. The van der Waals surface area contributed by atoms with E-state index >= 15 is 0 Å². The number of rotatable bonds is 6. The first-order chi connectivity index (χ1) is 12.8. The zero-order chi connectivity index (χ0) is 17.8. The first-order valence-electron chi connectivity index (χ1n) is 9.26. The van der Waals surface area contributed by atoms with Crippen molar-refractivity contribution in [2.75, 3.05) is 51.3 Å². The second-order valence-corrected chi connectivity index (χ2v) is 6.71. The third kappa shape index (κ3) is 4.03. The molecular weight excluding hydrogens is 334 g/mol. The highest BCUT2D eigenvalue weighted by atomic mass is 16.5. The maximum atomic E-state index is 5.86. The summed E-state index contributed by atoms with van der Waals surface area (Å²) in [6.45, 7) is 8.00. The molecule has 8 heteroatoms. The number of aromatic nitrogens is 3. The van der Waals surface area contributed by atoms with Crippen LogP contribution in [0.5, 0.6) is 0 Å². The molecule has 1 atom stereocenters. The van der Waals surface area contributed by atoms with Gasteiger partial charge >= 0.3 is 0 Å². The highest BCUT2D eigenvalue weighted by molar-refractivity contribution is 5.61. The van der Waals surface area contributed by atoms with Gasteiger partial charge in [-0.3, -0.25) is 4.90 Å². The lowest BCUT2D eigenvalue weighted by atomic mass is 10.1. The van der Waals surface area contributed by atoms with Crippen LogP contribution in [0.3, 0.4) is 0 Å². The highest BCUT2D eigenvalue weighted by Gasteiger charge is 2.25. The van der Waals surface area contributed by atoms with Gasteiger partial charge in [0.05, 0.1) is 30.2 Å². The molecule has 2 aliphatic heterocycles. The Morgan fingerprint density at radius 2 is 2.15 bits per heavy atom. The Labute approximate surface area is 152 Å². The Balaban J connectivity index is 1.48. The molecule has 0 aliphatic carbocycles. The molecule has 0 bridgehead atoms. The topological polar surface area (TPSA) is 85.5 Å². The van der Waals surface area contributed by atoms with Crippen molar-refractivity contribution in [2.45, 2.75) is 25.9 Å². The molecule has 2 fully saturated rings. The summed E-state index contributed by atoms with van der Waals surface area (Å²) in [4.78, 5) is 11.6. The smallest absolute Gasteiger partial charge is 0.223 e. The van der Waals surface area contributed by atoms with E-state index in [9.17, 15) is 0 Å². The average Bonchev–Trinajstić information content (AvgIpc) is 3.34. The number of nitrogens with zero attached hydrogens (tertiary/aromatic N) is 4.